The number of rotatable bonds is 5. The molecule has 0 atom stereocenters. The van der Waals surface area contributed by atoms with Gasteiger partial charge in [0.2, 0.25) is 5.91 Å². The van der Waals surface area contributed by atoms with Crippen LogP contribution in [0.5, 0.6) is 5.75 Å². The first-order valence-electron chi connectivity index (χ1n) is 7.84. The van der Waals surface area contributed by atoms with Gasteiger partial charge in [-0.05, 0) is 36.4 Å². The molecule has 26 heavy (non-hydrogen) atoms. The number of ether oxygens (including phenoxy) is 1. The number of thiazole rings is 1. The van der Waals surface area contributed by atoms with Gasteiger partial charge in [0, 0.05) is 29.1 Å². The molecule has 1 aromatic heterocycles. The number of carbonyl (C=O) groups is 2. The van der Waals surface area contributed by atoms with Crippen molar-refractivity contribution in [2.24, 2.45) is 0 Å². The highest BCUT2D eigenvalue weighted by Crippen LogP contribution is 2.26. The monoisotopic (exact) mass is 367 g/mol. The van der Waals surface area contributed by atoms with E-state index in [-0.39, 0.29) is 11.8 Å². The SMILES string of the molecule is COc1ccc(C(=O)Nc2nc(-c3ccc(NC(C)=O)cc3)cs2)cc1. The lowest BCUT2D eigenvalue weighted by molar-refractivity contribution is -0.114. The Hall–Kier alpha value is -3.19. The van der Waals surface area contributed by atoms with E-state index >= 15 is 0 Å². The summed E-state index contributed by atoms with van der Waals surface area (Å²) in [6, 6.07) is 14.2. The van der Waals surface area contributed by atoms with Crippen molar-refractivity contribution >= 4 is 34.0 Å². The Kier molecular flexibility index (Phi) is 5.28. The van der Waals surface area contributed by atoms with E-state index in [1.165, 1.54) is 18.3 Å². The standard InChI is InChI=1S/C19H17N3O3S/c1-12(23)20-15-7-3-13(4-8-15)17-11-26-19(21-17)22-18(24)14-5-9-16(25-2)10-6-14/h3-11H,1-2H3,(H,20,23)(H,21,22,24). The van der Waals surface area contributed by atoms with Gasteiger partial charge >= 0.3 is 0 Å². The molecule has 3 rings (SSSR count). The van der Waals surface area contributed by atoms with E-state index in [1.807, 2.05) is 29.6 Å². The largest absolute Gasteiger partial charge is 0.497 e. The predicted molar refractivity (Wildman–Crippen MR) is 103 cm³/mol. The summed E-state index contributed by atoms with van der Waals surface area (Å²) in [5.74, 6) is 0.352. The number of hydrogen-bond donors (Lipinski definition) is 2. The summed E-state index contributed by atoms with van der Waals surface area (Å²) in [5.41, 5.74) is 2.92. The second kappa shape index (κ2) is 7.79. The van der Waals surface area contributed by atoms with Crippen LogP contribution in [-0.4, -0.2) is 23.9 Å². The molecule has 2 aromatic carbocycles. The van der Waals surface area contributed by atoms with Crippen molar-refractivity contribution < 1.29 is 14.3 Å². The number of nitrogens with zero attached hydrogens (tertiary/aromatic N) is 1. The van der Waals surface area contributed by atoms with Crippen molar-refractivity contribution in [1.29, 1.82) is 0 Å². The number of methoxy groups -OCH3 is 1. The summed E-state index contributed by atoms with van der Waals surface area (Å²) in [7, 11) is 1.58. The third-order valence-corrected chi connectivity index (χ3v) is 4.34. The third kappa shape index (κ3) is 4.25. The second-order valence-electron chi connectivity index (χ2n) is 5.48. The van der Waals surface area contributed by atoms with Crippen LogP contribution in [0.15, 0.2) is 53.9 Å². The van der Waals surface area contributed by atoms with Gasteiger partial charge in [-0.25, -0.2) is 4.98 Å². The van der Waals surface area contributed by atoms with Crippen LogP contribution < -0.4 is 15.4 Å². The average molecular weight is 367 g/mol. The lowest BCUT2D eigenvalue weighted by Crippen LogP contribution is -2.11. The summed E-state index contributed by atoms with van der Waals surface area (Å²) in [4.78, 5) is 27.8. The van der Waals surface area contributed by atoms with Crippen LogP contribution in [0.3, 0.4) is 0 Å². The van der Waals surface area contributed by atoms with E-state index in [2.05, 4.69) is 15.6 Å². The predicted octanol–water partition coefficient (Wildman–Crippen LogP) is 4.03. The Balaban J connectivity index is 1.69. The molecular formula is C19H17N3O3S. The molecule has 1 heterocycles. The highest BCUT2D eigenvalue weighted by Gasteiger charge is 2.10. The van der Waals surface area contributed by atoms with Gasteiger partial charge in [0.1, 0.15) is 5.75 Å². The number of anilines is 2. The minimum absolute atomic E-state index is 0.116. The first kappa shape index (κ1) is 17.6. The molecule has 3 aromatic rings. The van der Waals surface area contributed by atoms with Crippen molar-refractivity contribution in [1.82, 2.24) is 4.98 Å². The van der Waals surface area contributed by atoms with Crippen LogP contribution in [0.4, 0.5) is 10.8 Å². The van der Waals surface area contributed by atoms with Crippen LogP contribution in [0.1, 0.15) is 17.3 Å². The minimum Gasteiger partial charge on any atom is -0.497 e. The van der Waals surface area contributed by atoms with E-state index < -0.39 is 0 Å². The van der Waals surface area contributed by atoms with Crippen LogP contribution in [0.25, 0.3) is 11.3 Å². The topological polar surface area (TPSA) is 80.3 Å². The van der Waals surface area contributed by atoms with E-state index in [1.54, 1.807) is 31.4 Å². The molecule has 2 amide bonds. The molecule has 0 spiro atoms. The Morgan fingerprint density at radius 2 is 1.69 bits per heavy atom. The number of nitrogens with one attached hydrogen (secondary N) is 2. The van der Waals surface area contributed by atoms with Gasteiger partial charge in [0.15, 0.2) is 5.13 Å². The first-order chi connectivity index (χ1) is 12.5. The second-order valence-corrected chi connectivity index (χ2v) is 6.34. The molecule has 0 aliphatic carbocycles. The molecule has 0 unspecified atom stereocenters. The van der Waals surface area contributed by atoms with E-state index in [9.17, 15) is 9.59 Å². The molecule has 0 bridgehead atoms. The number of aromatic nitrogens is 1. The van der Waals surface area contributed by atoms with Gasteiger partial charge in [0.05, 0.1) is 12.8 Å². The van der Waals surface area contributed by atoms with Gasteiger partial charge in [-0.2, -0.15) is 0 Å². The summed E-state index contributed by atoms with van der Waals surface area (Å²) in [6.45, 7) is 1.46. The highest BCUT2D eigenvalue weighted by molar-refractivity contribution is 7.14. The lowest BCUT2D eigenvalue weighted by atomic mass is 10.1. The van der Waals surface area contributed by atoms with Crippen LogP contribution in [0.2, 0.25) is 0 Å². The molecule has 2 N–H and O–H groups in total. The van der Waals surface area contributed by atoms with Gasteiger partial charge in [-0.3, -0.25) is 14.9 Å². The summed E-state index contributed by atoms with van der Waals surface area (Å²) >= 11 is 1.35. The molecule has 6 nitrogen and oxygen atoms in total. The zero-order valence-corrected chi connectivity index (χ0v) is 15.1. The molecule has 0 saturated heterocycles. The molecule has 0 radical (unpaired) electrons. The first-order valence-corrected chi connectivity index (χ1v) is 8.72. The van der Waals surface area contributed by atoms with Gasteiger partial charge in [-0.15, -0.1) is 11.3 Å². The van der Waals surface area contributed by atoms with Gasteiger partial charge < -0.3 is 10.1 Å². The van der Waals surface area contributed by atoms with Crippen molar-refractivity contribution in [2.75, 3.05) is 17.7 Å². The number of amides is 2. The molecule has 132 valence electrons. The Labute approximate surface area is 154 Å². The van der Waals surface area contributed by atoms with E-state index in [0.29, 0.717) is 16.4 Å². The van der Waals surface area contributed by atoms with Crippen LogP contribution in [-0.2, 0) is 4.79 Å². The van der Waals surface area contributed by atoms with Crippen molar-refractivity contribution in [3.8, 4) is 17.0 Å². The number of benzene rings is 2. The van der Waals surface area contributed by atoms with Crippen molar-refractivity contribution in [3.63, 3.8) is 0 Å². The quantitative estimate of drug-likeness (QED) is 0.713. The van der Waals surface area contributed by atoms with Crippen molar-refractivity contribution in [2.45, 2.75) is 6.92 Å². The normalized spacial score (nSPS) is 10.2. The molecule has 0 aliphatic rings. The highest BCUT2D eigenvalue weighted by atomic mass is 32.1. The summed E-state index contributed by atoms with van der Waals surface area (Å²) in [5, 5.41) is 7.90. The molecule has 0 fully saturated rings. The van der Waals surface area contributed by atoms with Gasteiger partial charge in [-0.1, -0.05) is 12.1 Å². The Morgan fingerprint density at radius 1 is 1.00 bits per heavy atom. The number of hydrogen-bond acceptors (Lipinski definition) is 5. The Morgan fingerprint density at radius 3 is 2.31 bits per heavy atom. The fourth-order valence-electron chi connectivity index (χ4n) is 2.30. The lowest BCUT2D eigenvalue weighted by Gasteiger charge is -2.04. The zero-order chi connectivity index (χ0) is 18.5. The maximum atomic E-state index is 12.3. The minimum atomic E-state index is -0.227. The molecule has 0 aliphatic heterocycles. The third-order valence-electron chi connectivity index (χ3n) is 3.58. The molecule has 0 saturated carbocycles. The maximum Gasteiger partial charge on any atom is 0.257 e. The smallest absolute Gasteiger partial charge is 0.257 e. The molecule has 7 heteroatoms. The average Bonchev–Trinajstić information content (AvgIpc) is 3.10. The fraction of sp³-hybridized carbons (Fsp3) is 0.105. The zero-order valence-electron chi connectivity index (χ0n) is 14.3. The maximum absolute atomic E-state index is 12.3. The molecular weight excluding hydrogens is 350 g/mol. The number of carbonyl (C=O) groups excluding carboxylic acids is 2. The van der Waals surface area contributed by atoms with E-state index in [4.69, 9.17) is 4.74 Å². The summed E-state index contributed by atoms with van der Waals surface area (Å²) < 4.78 is 5.08. The van der Waals surface area contributed by atoms with Crippen LogP contribution >= 0.6 is 11.3 Å². The van der Waals surface area contributed by atoms with Crippen molar-refractivity contribution in [3.05, 3.63) is 59.5 Å². The fourth-order valence-corrected chi connectivity index (χ4v) is 3.02. The summed E-state index contributed by atoms with van der Waals surface area (Å²) in [6.07, 6.45) is 0. The Bertz CT molecular complexity index is 918. The van der Waals surface area contributed by atoms with E-state index in [0.717, 1.165) is 16.9 Å². The van der Waals surface area contributed by atoms with Gasteiger partial charge in [0.25, 0.3) is 5.91 Å². The van der Waals surface area contributed by atoms with Crippen LogP contribution in [0, 0.1) is 0 Å².